The zero-order valence-corrected chi connectivity index (χ0v) is 16.0. The molecule has 4 aromatic heterocycles. The number of nitrogens with zero attached hydrogens (tertiary/aromatic N) is 6. The van der Waals surface area contributed by atoms with Gasteiger partial charge in [0, 0.05) is 18.3 Å². The largest absolute Gasteiger partial charge is 0.361 e. The molecule has 0 aliphatic heterocycles. The maximum absolute atomic E-state index is 5.04. The number of fused-ring (bicyclic) bond motifs is 4. The molecule has 1 unspecified atom stereocenters. The summed E-state index contributed by atoms with van der Waals surface area (Å²) in [6, 6.07) is 8.41. The molecule has 0 spiro atoms. The average molecular weight is 370 g/mol. The van der Waals surface area contributed by atoms with Crippen molar-refractivity contribution in [2.24, 2.45) is 7.05 Å². The van der Waals surface area contributed by atoms with E-state index in [1.54, 1.807) is 0 Å². The van der Waals surface area contributed by atoms with Gasteiger partial charge in [0.2, 0.25) is 5.52 Å². The molecule has 1 aliphatic carbocycles. The lowest BCUT2D eigenvalue weighted by Gasteiger charge is -1.97. The van der Waals surface area contributed by atoms with Crippen LogP contribution in [0.5, 0.6) is 0 Å². The molecule has 1 fully saturated rings. The Kier molecular flexibility index (Phi) is 2.99. The minimum absolute atomic E-state index is 0.312. The fraction of sp³-hybridized carbons (Fsp3) is 0.286. The summed E-state index contributed by atoms with van der Waals surface area (Å²) in [5.74, 6) is 2.68. The van der Waals surface area contributed by atoms with Gasteiger partial charge in [0.05, 0.1) is 35.3 Å². The van der Waals surface area contributed by atoms with Gasteiger partial charge in [-0.05, 0) is 49.5 Å². The van der Waals surface area contributed by atoms with Crippen LogP contribution in [0.3, 0.4) is 0 Å². The first-order valence-electron chi connectivity index (χ1n) is 9.56. The fourth-order valence-electron chi connectivity index (χ4n) is 4.24. The van der Waals surface area contributed by atoms with Gasteiger partial charge in [-0.3, -0.25) is 4.98 Å². The molecule has 0 saturated heterocycles. The topological polar surface area (TPSA) is 75.6 Å². The number of aromatic nitrogens is 7. The molecule has 0 amide bonds. The third-order valence-electron chi connectivity index (χ3n) is 5.91. The van der Waals surface area contributed by atoms with E-state index < -0.39 is 0 Å². The Labute approximate surface area is 161 Å². The van der Waals surface area contributed by atoms with E-state index >= 15 is 0 Å². The zero-order chi connectivity index (χ0) is 19.0. The van der Waals surface area contributed by atoms with E-state index in [0.29, 0.717) is 11.8 Å². The van der Waals surface area contributed by atoms with Gasteiger partial charge in [-0.15, -0.1) is 0 Å². The van der Waals surface area contributed by atoms with Crippen molar-refractivity contribution in [3.63, 3.8) is 0 Å². The smallest absolute Gasteiger partial charge is 0.303 e. The lowest BCUT2D eigenvalue weighted by atomic mass is 10.2. The molecular weight excluding hydrogens is 350 g/mol. The van der Waals surface area contributed by atoms with E-state index in [1.807, 2.05) is 36.8 Å². The van der Waals surface area contributed by atoms with Crippen LogP contribution >= 0.6 is 0 Å². The maximum atomic E-state index is 5.04. The van der Waals surface area contributed by atoms with Crippen LogP contribution < -0.4 is 4.57 Å². The van der Waals surface area contributed by atoms with E-state index in [0.717, 1.165) is 57.0 Å². The maximum Gasteiger partial charge on any atom is 0.303 e. The van der Waals surface area contributed by atoms with Gasteiger partial charge in [-0.2, -0.15) is 5.10 Å². The molecule has 1 N–H and O–H groups in total. The van der Waals surface area contributed by atoms with E-state index in [4.69, 9.17) is 15.1 Å². The van der Waals surface area contributed by atoms with E-state index in [1.165, 1.54) is 0 Å². The van der Waals surface area contributed by atoms with E-state index in [9.17, 15) is 0 Å². The Bertz CT molecular complexity index is 1360. The summed E-state index contributed by atoms with van der Waals surface area (Å²) in [4.78, 5) is 17.5. The van der Waals surface area contributed by atoms with Crippen molar-refractivity contribution in [2.45, 2.75) is 32.1 Å². The van der Waals surface area contributed by atoms with Crippen molar-refractivity contribution >= 4 is 27.6 Å². The highest BCUT2D eigenvalue weighted by molar-refractivity contribution is 6.01. The second-order valence-corrected chi connectivity index (χ2v) is 7.73. The summed E-state index contributed by atoms with van der Waals surface area (Å²) in [6.07, 6.45) is 4.82. The van der Waals surface area contributed by atoms with Crippen molar-refractivity contribution in [1.82, 2.24) is 29.5 Å². The standard InChI is InChI=1S/C21H19N7/c1-11-10-23-12(2)20-25-19(26-28(11)20)14-9-15(14)21-24-18-13-5-4-8-22-16(13)6-7-17(18)27(21)3/h4-8,10,14-15H,9H2,1-3H3/p+1/t14?,15-/m1/s1. The van der Waals surface area contributed by atoms with Crippen molar-refractivity contribution in [3.8, 4) is 0 Å². The van der Waals surface area contributed by atoms with Crippen LogP contribution in [-0.4, -0.2) is 29.5 Å². The molecule has 7 nitrogen and oxygen atoms in total. The second-order valence-electron chi connectivity index (χ2n) is 7.73. The van der Waals surface area contributed by atoms with Crippen molar-refractivity contribution < 1.29 is 4.57 Å². The van der Waals surface area contributed by atoms with Crippen molar-refractivity contribution in [1.29, 1.82) is 0 Å². The third-order valence-corrected chi connectivity index (χ3v) is 5.91. The monoisotopic (exact) mass is 370 g/mol. The predicted octanol–water partition coefficient (Wildman–Crippen LogP) is 2.87. The number of hydrogen-bond donors (Lipinski definition) is 1. The SMILES string of the molecule is Cc1ncc(C)n2nc(C3C[C@H]3c3nc4c5ccc[nH]c5ccc4[n+]3C)nc12. The molecule has 28 heavy (non-hydrogen) atoms. The third kappa shape index (κ3) is 2.07. The van der Waals surface area contributed by atoms with Crippen LogP contribution in [-0.2, 0) is 7.05 Å². The van der Waals surface area contributed by atoms with Gasteiger partial charge in [-0.1, -0.05) is 0 Å². The second kappa shape index (κ2) is 5.34. The van der Waals surface area contributed by atoms with E-state index in [2.05, 4.69) is 39.8 Å². The molecule has 1 aromatic carbocycles. The summed E-state index contributed by atoms with van der Waals surface area (Å²) in [7, 11) is 2.11. The molecule has 1 saturated carbocycles. The van der Waals surface area contributed by atoms with Gasteiger partial charge in [-0.25, -0.2) is 14.1 Å². The highest BCUT2D eigenvalue weighted by Gasteiger charge is 2.50. The molecule has 1 aliphatic rings. The number of nitrogens with one attached hydrogen (secondary N) is 1. The van der Waals surface area contributed by atoms with Crippen molar-refractivity contribution in [3.05, 3.63) is 59.7 Å². The number of benzene rings is 1. The summed E-state index contributed by atoms with van der Waals surface area (Å²) in [5.41, 5.74) is 6.08. The Morgan fingerprint density at radius 2 is 2.04 bits per heavy atom. The molecule has 7 heteroatoms. The van der Waals surface area contributed by atoms with Crippen LogP contribution in [0.4, 0.5) is 0 Å². The first-order chi connectivity index (χ1) is 13.6. The van der Waals surface area contributed by atoms with Gasteiger partial charge in [0.15, 0.2) is 17.0 Å². The van der Waals surface area contributed by atoms with Gasteiger partial charge < -0.3 is 4.98 Å². The number of rotatable bonds is 2. The minimum atomic E-state index is 0.312. The zero-order valence-electron chi connectivity index (χ0n) is 16.0. The molecule has 4 heterocycles. The molecule has 5 aromatic rings. The molecular formula is C21H20N7+. The molecule has 0 radical (unpaired) electrons. The van der Waals surface area contributed by atoms with Gasteiger partial charge in [0.25, 0.3) is 0 Å². The lowest BCUT2D eigenvalue weighted by molar-refractivity contribution is -0.653. The Morgan fingerprint density at radius 3 is 2.89 bits per heavy atom. The van der Waals surface area contributed by atoms with Gasteiger partial charge in [0.1, 0.15) is 0 Å². The van der Waals surface area contributed by atoms with Crippen molar-refractivity contribution in [2.75, 3.05) is 0 Å². The summed E-state index contributed by atoms with van der Waals surface area (Å²) in [5, 5.41) is 5.92. The Hall–Kier alpha value is -3.35. The predicted molar refractivity (Wildman–Crippen MR) is 105 cm³/mol. The number of aryl methyl sites for hydroxylation is 3. The summed E-state index contributed by atoms with van der Waals surface area (Å²) in [6.45, 7) is 3.99. The van der Waals surface area contributed by atoms with E-state index in [-0.39, 0.29) is 0 Å². The van der Waals surface area contributed by atoms with Crippen LogP contribution in [0, 0.1) is 13.8 Å². The van der Waals surface area contributed by atoms with Crippen LogP contribution in [0.15, 0.2) is 36.7 Å². The Morgan fingerprint density at radius 1 is 1.14 bits per heavy atom. The van der Waals surface area contributed by atoms with Crippen LogP contribution in [0.1, 0.15) is 41.3 Å². The number of hydrogen-bond acceptors (Lipinski definition) is 4. The first kappa shape index (κ1) is 15.7. The molecule has 6 rings (SSSR count). The Balaban J connectivity index is 1.44. The van der Waals surface area contributed by atoms with Crippen LogP contribution in [0.25, 0.3) is 27.6 Å². The summed E-state index contributed by atoms with van der Waals surface area (Å²) >= 11 is 0. The molecule has 2 atom stereocenters. The fourth-order valence-corrected chi connectivity index (χ4v) is 4.24. The van der Waals surface area contributed by atoms with Gasteiger partial charge >= 0.3 is 5.82 Å². The number of imidazole rings is 1. The average Bonchev–Trinajstić information content (AvgIpc) is 3.23. The number of H-pyrrole nitrogens is 1. The van der Waals surface area contributed by atoms with Crippen LogP contribution in [0.2, 0.25) is 0 Å². The normalized spacial score (nSPS) is 19.1. The highest BCUT2D eigenvalue weighted by Crippen LogP contribution is 2.52. The first-order valence-corrected chi connectivity index (χ1v) is 9.56. The quantitative estimate of drug-likeness (QED) is 0.485. The number of aromatic amines is 1. The minimum Gasteiger partial charge on any atom is -0.361 e. The lowest BCUT2D eigenvalue weighted by Crippen LogP contribution is -2.31. The number of pyridine rings is 1. The highest BCUT2D eigenvalue weighted by atomic mass is 15.3. The molecule has 138 valence electrons. The molecule has 0 bridgehead atoms. The summed E-state index contributed by atoms with van der Waals surface area (Å²) < 4.78 is 4.13.